The predicted molar refractivity (Wildman–Crippen MR) is 272 cm³/mol. The summed E-state index contributed by atoms with van der Waals surface area (Å²) >= 11 is 1.94. The van der Waals surface area contributed by atoms with Crippen molar-refractivity contribution in [2.45, 2.75) is 143 Å². The first-order valence-corrected chi connectivity index (χ1v) is 24.1. The maximum Gasteiger partial charge on any atom is 0.252 e. The van der Waals surface area contributed by atoms with Crippen molar-refractivity contribution in [2.75, 3.05) is 9.80 Å². The number of fused-ring (bicyclic) bond motifs is 9. The largest absolute Gasteiger partial charge is 0.311 e. The zero-order valence-electron chi connectivity index (χ0n) is 39.4. The maximum atomic E-state index is 2.70. The Kier molecular flexibility index (Phi) is 8.33. The lowest BCUT2D eigenvalue weighted by Crippen LogP contribution is -2.62. The molecule has 0 saturated carbocycles. The zero-order valence-corrected chi connectivity index (χ0v) is 40.3. The molecule has 4 heteroatoms. The van der Waals surface area contributed by atoms with Crippen molar-refractivity contribution in [2.24, 2.45) is 0 Å². The van der Waals surface area contributed by atoms with Gasteiger partial charge in [-0.1, -0.05) is 131 Å². The van der Waals surface area contributed by atoms with Gasteiger partial charge < -0.3 is 9.80 Å². The summed E-state index contributed by atoms with van der Waals surface area (Å²) in [4.78, 5) is 5.40. The van der Waals surface area contributed by atoms with E-state index in [1.54, 1.807) is 0 Å². The minimum atomic E-state index is -0.00542. The molecular weight excluding hydrogens is 768 g/mol. The van der Waals surface area contributed by atoms with E-state index in [2.05, 4.69) is 197 Å². The fourth-order valence-corrected chi connectivity index (χ4v) is 13.2. The van der Waals surface area contributed by atoms with Crippen molar-refractivity contribution in [1.82, 2.24) is 0 Å². The van der Waals surface area contributed by atoms with Gasteiger partial charge in [-0.25, -0.2) is 0 Å². The quantitative estimate of drug-likeness (QED) is 0.160. The van der Waals surface area contributed by atoms with Gasteiger partial charge in [-0.05, 0) is 164 Å². The van der Waals surface area contributed by atoms with Crippen LogP contribution in [-0.4, -0.2) is 6.71 Å². The van der Waals surface area contributed by atoms with Crippen LogP contribution in [0, 0.1) is 13.8 Å². The molecule has 0 saturated heterocycles. The number of nitrogens with zero attached hydrogens (tertiary/aromatic N) is 2. The number of rotatable bonds is 2. The summed E-state index contributed by atoms with van der Waals surface area (Å²) < 4.78 is 2.69. The summed E-state index contributed by atoms with van der Waals surface area (Å²) in [6.07, 6.45) is 4.77. The predicted octanol–water partition coefficient (Wildman–Crippen LogP) is 14.7. The Morgan fingerprint density at radius 2 is 1.03 bits per heavy atom. The van der Waals surface area contributed by atoms with Gasteiger partial charge in [0.05, 0.1) is 10.4 Å². The highest BCUT2D eigenvalue weighted by molar-refractivity contribution is 7.26. The molecule has 0 fully saturated rings. The minimum Gasteiger partial charge on any atom is -0.311 e. The molecule has 2 aliphatic heterocycles. The highest BCUT2D eigenvalue weighted by Crippen LogP contribution is 2.54. The second-order valence-electron chi connectivity index (χ2n) is 23.3. The lowest BCUT2D eigenvalue weighted by Gasteiger charge is -2.48. The average molecular weight is 831 g/mol. The second-order valence-corrected chi connectivity index (χ2v) is 24.3. The van der Waals surface area contributed by atoms with Crippen molar-refractivity contribution in [3.8, 4) is 0 Å². The summed E-state index contributed by atoms with van der Waals surface area (Å²) in [7, 11) is 0. The third-order valence-corrected chi connectivity index (χ3v) is 17.3. The molecule has 0 unspecified atom stereocenters. The molecule has 3 heterocycles. The fourth-order valence-electron chi connectivity index (χ4n) is 12.0. The minimum absolute atomic E-state index is 0.00542. The topological polar surface area (TPSA) is 6.48 Å². The number of hydrogen-bond donors (Lipinski definition) is 0. The van der Waals surface area contributed by atoms with Crippen LogP contribution >= 0.6 is 11.3 Å². The van der Waals surface area contributed by atoms with Crippen LogP contribution in [0.4, 0.5) is 34.1 Å². The molecule has 0 atom stereocenters. The van der Waals surface area contributed by atoms with Crippen LogP contribution in [0.25, 0.3) is 20.2 Å². The van der Waals surface area contributed by atoms with Gasteiger partial charge in [-0.15, -0.1) is 11.3 Å². The van der Waals surface area contributed by atoms with Crippen molar-refractivity contribution >= 4 is 88.7 Å². The summed E-state index contributed by atoms with van der Waals surface area (Å²) in [5.74, 6) is 0. The van der Waals surface area contributed by atoms with E-state index < -0.39 is 0 Å². The average Bonchev–Trinajstić information content (AvgIpc) is 3.60. The lowest BCUT2D eigenvalue weighted by molar-refractivity contribution is 0.332. The van der Waals surface area contributed by atoms with E-state index >= 15 is 0 Å². The van der Waals surface area contributed by atoms with Gasteiger partial charge in [0.2, 0.25) is 0 Å². The molecule has 4 aliphatic rings. The van der Waals surface area contributed by atoms with Gasteiger partial charge in [0.1, 0.15) is 0 Å². The Hall–Kier alpha value is -4.80. The van der Waals surface area contributed by atoms with Crippen molar-refractivity contribution in [3.05, 3.63) is 136 Å². The second kappa shape index (κ2) is 12.9. The number of thiophene rings is 1. The highest BCUT2D eigenvalue weighted by atomic mass is 32.1. The molecule has 6 aromatic carbocycles. The van der Waals surface area contributed by atoms with Crippen LogP contribution in [-0.2, 0) is 27.1 Å². The first-order valence-electron chi connectivity index (χ1n) is 23.3. The molecule has 0 radical (unpaired) electrons. The fraction of sp³-hybridized carbons (Fsp3) is 0.379. The van der Waals surface area contributed by atoms with E-state index in [0.29, 0.717) is 0 Å². The van der Waals surface area contributed by atoms with Crippen LogP contribution in [0.15, 0.2) is 97.1 Å². The Labute approximate surface area is 375 Å². The summed E-state index contributed by atoms with van der Waals surface area (Å²) in [6, 6.07) is 39.1. The third kappa shape index (κ3) is 5.67. The van der Waals surface area contributed by atoms with Crippen molar-refractivity contribution in [3.63, 3.8) is 0 Å². The number of anilines is 6. The number of hydrogen-bond acceptors (Lipinski definition) is 3. The third-order valence-electron chi connectivity index (χ3n) is 16.1. The molecule has 2 aliphatic carbocycles. The first kappa shape index (κ1) is 40.0. The Morgan fingerprint density at radius 1 is 0.500 bits per heavy atom. The molecule has 1 aromatic heterocycles. The van der Waals surface area contributed by atoms with E-state index in [9.17, 15) is 0 Å². The summed E-state index contributed by atoms with van der Waals surface area (Å²) in [6.45, 7) is 31.7. The maximum absolute atomic E-state index is 2.70. The Bertz CT molecular complexity index is 3060. The molecule has 2 nitrogen and oxygen atoms in total. The molecule has 0 N–H and O–H groups in total. The normalized spacial score (nSPS) is 18.9. The van der Waals surface area contributed by atoms with Gasteiger partial charge in [0.15, 0.2) is 0 Å². The van der Waals surface area contributed by atoms with E-state index in [0.717, 1.165) is 0 Å². The zero-order chi connectivity index (χ0) is 43.6. The van der Waals surface area contributed by atoms with E-state index in [-0.39, 0.29) is 33.8 Å². The molecule has 0 amide bonds. The van der Waals surface area contributed by atoms with Crippen LogP contribution < -0.4 is 26.2 Å². The molecule has 0 bridgehead atoms. The SMILES string of the molecule is Cc1cc2c3c(c1)N(c1cccc4c1sc1ccccc14)c1cc4c(cc1B3c1ccc(C(C)(C)C)cc1N2c1cc2c(cc1C)C(C)(C)CCC2(C)C)C(C)(C)CCC4(C)C. The van der Waals surface area contributed by atoms with Crippen LogP contribution in [0.2, 0.25) is 0 Å². The van der Waals surface area contributed by atoms with Crippen LogP contribution in [0.3, 0.4) is 0 Å². The van der Waals surface area contributed by atoms with Crippen molar-refractivity contribution in [1.29, 1.82) is 0 Å². The van der Waals surface area contributed by atoms with E-state index in [4.69, 9.17) is 0 Å². The Balaban J connectivity index is 1.28. The molecular formula is C58H63BN2S. The van der Waals surface area contributed by atoms with E-state index in [1.807, 2.05) is 11.3 Å². The molecule has 7 aromatic rings. The summed E-state index contributed by atoms with van der Waals surface area (Å²) in [5.41, 5.74) is 22.6. The summed E-state index contributed by atoms with van der Waals surface area (Å²) in [5, 5.41) is 2.68. The number of aryl methyl sites for hydroxylation is 2. The molecule has 62 heavy (non-hydrogen) atoms. The van der Waals surface area contributed by atoms with Gasteiger partial charge in [-0.3, -0.25) is 0 Å². The first-order chi connectivity index (χ1) is 29.2. The smallest absolute Gasteiger partial charge is 0.252 e. The molecule has 11 rings (SSSR count). The molecule has 314 valence electrons. The molecule has 0 spiro atoms. The highest BCUT2D eigenvalue weighted by Gasteiger charge is 2.48. The number of benzene rings is 6. The monoisotopic (exact) mass is 830 g/mol. The lowest BCUT2D eigenvalue weighted by atomic mass is 9.33. The van der Waals surface area contributed by atoms with Gasteiger partial charge in [0, 0.05) is 43.9 Å². The van der Waals surface area contributed by atoms with Gasteiger partial charge >= 0.3 is 0 Å². The van der Waals surface area contributed by atoms with Crippen LogP contribution in [0.5, 0.6) is 0 Å². The van der Waals surface area contributed by atoms with Crippen molar-refractivity contribution < 1.29 is 0 Å². The standard InChI is InChI=1S/C58H63BN2S/c1-34-27-49-52-50(28-34)61(46-32-41-39(29-35(46)2)55(6,7)23-25-57(41,10)11)47-30-36(54(3,4)5)21-22-43(47)59(52)44-31-40-42(58(12,13)26-24-56(40,8)9)33-48(44)60(49)45-19-16-18-38-37-17-14-15-20-51(37)62-53(38)45/h14-22,27-33H,23-26H2,1-13H3. The van der Waals surface area contributed by atoms with Gasteiger partial charge in [0.25, 0.3) is 6.71 Å². The van der Waals surface area contributed by atoms with Gasteiger partial charge in [-0.2, -0.15) is 0 Å². The van der Waals surface area contributed by atoms with Crippen LogP contribution in [0.1, 0.15) is 141 Å². The van der Waals surface area contributed by atoms with E-state index in [1.165, 1.54) is 135 Å². The Morgan fingerprint density at radius 3 is 1.66 bits per heavy atom.